The first kappa shape index (κ1) is 22.9. The lowest BCUT2D eigenvalue weighted by molar-refractivity contribution is 0.257. The molecular weight excluding hydrogens is 466 g/mol. The van der Waals surface area contributed by atoms with Crippen LogP contribution in [0.4, 0.5) is 11.4 Å². The third-order valence-electron chi connectivity index (χ3n) is 7.87. The van der Waals surface area contributed by atoms with E-state index >= 15 is 0 Å². The van der Waals surface area contributed by atoms with E-state index in [0.29, 0.717) is 0 Å². The highest BCUT2D eigenvalue weighted by molar-refractivity contribution is 6.03. The standard InChI is InChI=1S/C33H31N5/c1-3-8-26-22-31-28(20-24(26)6-1)30(10-13-35-31)34-12-5-15-37-16-18-38(19-17-37)33-11-14-36-32-23-27-9-4-2-7-25(27)21-29(32)33/h1-4,6-11,13-14,20-23H,5,12,15-19H2,(H,34,35). The van der Waals surface area contributed by atoms with Gasteiger partial charge >= 0.3 is 0 Å². The minimum absolute atomic E-state index is 0.953. The second kappa shape index (κ2) is 9.92. The lowest BCUT2D eigenvalue weighted by Crippen LogP contribution is -2.46. The Labute approximate surface area is 222 Å². The molecule has 0 amide bonds. The number of nitrogens with zero attached hydrogens (tertiary/aromatic N) is 4. The molecule has 0 bridgehead atoms. The number of anilines is 2. The van der Waals surface area contributed by atoms with E-state index in [2.05, 4.69) is 110 Å². The summed E-state index contributed by atoms with van der Waals surface area (Å²) in [5.41, 5.74) is 4.59. The largest absolute Gasteiger partial charge is 0.384 e. The minimum Gasteiger partial charge on any atom is -0.384 e. The second-order valence-corrected chi connectivity index (χ2v) is 10.2. The molecule has 1 fully saturated rings. The smallest absolute Gasteiger partial charge is 0.0729 e. The Bertz CT molecular complexity index is 1750. The van der Waals surface area contributed by atoms with Crippen LogP contribution in [-0.4, -0.2) is 54.1 Å². The molecule has 6 aromatic rings. The molecule has 0 atom stereocenters. The minimum atomic E-state index is 0.953. The first-order chi connectivity index (χ1) is 18.8. The van der Waals surface area contributed by atoms with E-state index in [1.54, 1.807) is 0 Å². The first-order valence-corrected chi connectivity index (χ1v) is 13.6. The molecule has 0 unspecified atom stereocenters. The molecule has 1 aliphatic rings. The number of rotatable bonds is 6. The predicted octanol–water partition coefficient (Wildman–Crippen LogP) is 6.71. The van der Waals surface area contributed by atoms with Gasteiger partial charge in [0, 0.05) is 67.3 Å². The van der Waals surface area contributed by atoms with Crippen molar-refractivity contribution in [2.75, 3.05) is 49.5 Å². The number of hydrogen-bond donors (Lipinski definition) is 1. The van der Waals surface area contributed by atoms with Gasteiger partial charge in [-0.2, -0.15) is 0 Å². The fourth-order valence-corrected chi connectivity index (χ4v) is 5.82. The summed E-state index contributed by atoms with van der Waals surface area (Å²) in [5, 5.41) is 11.1. The molecule has 0 spiro atoms. The third kappa shape index (κ3) is 4.39. The molecule has 1 saturated heterocycles. The SMILES string of the molecule is c1ccc2cc3c(NCCCN4CCN(c5ccnc6cc7ccccc7cc56)CC4)ccnc3cc2c1. The van der Waals surface area contributed by atoms with Crippen molar-refractivity contribution < 1.29 is 0 Å². The van der Waals surface area contributed by atoms with Gasteiger partial charge in [0.1, 0.15) is 0 Å². The molecule has 4 aromatic carbocycles. The van der Waals surface area contributed by atoms with Crippen molar-refractivity contribution in [3.63, 3.8) is 0 Å². The van der Waals surface area contributed by atoms with E-state index in [-0.39, 0.29) is 0 Å². The van der Waals surface area contributed by atoms with Crippen LogP contribution in [0.5, 0.6) is 0 Å². The van der Waals surface area contributed by atoms with Crippen molar-refractivity contribution in [2.24, 2.45) is 0 Å². The van der Waals surface area contributed by atoms with E-state index in [1.165, 1.54) is 43.7 Å². The molecular formula is C33H31N5. The van der Waals surface area contributed by atoms with Crippen molar-refractivity contribution in [2.45, 2.75) is 6.42 Å². The summed E-state index contributed by atoms with van der Waals surface area (Å²) < 4.78 is 0. The Balaban J connectivity index is 0.974. The number of pyridine rings is 2. The summed E-state index contributed by atoms with van der Waals surface area (Å²) in [5.74, 6) is 0. The monoisotopic (exact) mass is 497 g/mol. The highest BCUT2D eigenvalue weighted by Crippen LogP contribution is 2.30. The third-order valence-corrected chi connectivity index (χ3v) is 7.87. The molecule has 0 aliphatic carbocycles. The molecule has 188 valence electrons. The summed E-state index contributed by atoms with van der Waals surface area (Å²) in [7, 11) is 0. The second-order valence-electron chi connectivity index (χ2n) is 10.2. The van der Waals surface area contributed by atoms with E-state index in [0.717, 1.165) is 56.7 Å². The molecule has 2 aromatic heterocycles. The van der Waals surface area contributed by atoms with Crippen LogP contribution in [0.1, 0.15) is 6.42 Å². The van der Waals surface area contributed by atoms with Gasteiger partial charge in [-0.15, -0.1) is 0 Å². The number of nitrogens with one attached hydrogen (secondary N) is 1. The van der Waals surface area contributed by atoms with Gasteiger partial charge in [-0.25, -0.2) is 0 Å². The Morgan fingerprint density at radius 1 is 0.632 bits per heavy atom. The zero-order valence-electron chi connectivity index (χ0n) is 21.5. The van der Waals surface area contributed by atoms with Crippen molar-refractivity contribution in [3.05, 3.63) is 97.3 Å². The number of hydrogen-bond acceptors (Lipinski definition) is 5. The fraction of sp³-hybridized carbons (Fsp3) is 0.212. The molecule has 0 saturated carbocycles. The van der Waals surface area contributed by atoms with E-state index in [4.69, 9.17) is 0 Å². The quantitative estimate of drug-likeness (QED) is 0.205. The van der Waals surface area contributed by atoms with Gasteiger partial charge < -0.3 is 10.2 Å². The van der Waals surface area contributed by atoms with Crippen LogP contribution in [0.2, 0.25) is 0 Å². The number of piperazine rings is 1. The maximum absolute atomic E-state index is 4.66. The summed E-state index contributed by atoms with van der Waals surface area (Å²) >= 11 is 0. The maximum atomic E-state index is 4.66. The summed E-state index contributed by atoms with van der Waals surface area (Å²) in [6.45, 7) is 6.31. The summed E-state index contributed by atoms with van der Waals surface area (Å²) in [4.78, 5) is 14.4. The van der Waals surface area contributed by atoms with Gasteiger partial charge in [0.25, 0.3) is 0 Å². The van der Waals surface area contributed by atoms with Crippen LogP contribution in [0.3, 0.4) is 0 Å². The van der Waals surface area contributed by atoms with E-state index in [9.17, 15) is 0 Å². The first-order valence-electron chi connectivity index (χ1n) is 13.6. The predicted molar refractivity (Wildman–Crippen MR) is 160 cm³/mol. The van der Waals surface area contributed by atoms with Gasteiger partial charge in [0.15, 0.2) is 0 Å². The fourth-order valence-electron chi connectivity index (χ4n) is 5.82. The number of aromatic nitrogens is 2. The van der Waals surface area contributed by atoms with Crippen molar-refractivity contribution in [3.8, 4) is 0 Å². The Morgan fingerprint density at radius 2 is 1.21 bits per heavy atom. The van der Waals surface area contributed by atoms with Crippen LogP contribution in [-0.2, 0) is 0 Å². The van der Waals surface area contributed by atoms with E-state index in [1.807, 2.05) is 12.4 Å². The lowest BCUT2D eigenvalue weighted by atomic mass is 10.1. The van der Waals surface area contributed by atoms with Gasteiger partial charge in [-0.3, -0.25) is 14.9 Å². The van der Waals surface area contributed by atoms with Crippen molar-refractivity contribution >= 4 is 54.7 Å². The Kier molecular flexibility index (Phi) is 5.99. The van der Waals surface area contributed by atoms with Crippen LogP contribution in [0, 0.1) is 0 Å². The Morgan fingerprint density at radius 3 is 1.89 bits per heavy atom. The van der Waals surface area contributed by atoms with Crippen LogP contribution >= 0.6 is 0 Å². The molecule has 1 N–H and O–H groups in total. The zero-order valence-corrected chi connectivity index (χ0v) is 21.5. The summed E-state index contributed by atoms with van der Waals surface area (Å²) in [6, 6.07) is 30.3. The van der Waals surface area contributed by atoms with Crippen LogP contribution < -0.4 is 10.2 Å². The highest BCUT2D eigenvalue weighted by atomic mass is 15.3. The molecule has 5 nitrogen and oxygen atoms in total. The molecule has 5 heteroatoms. The molecule has 1 aliphatic heterocycles. The van der Waals surface area contributed by atoms with E-state index < -0.39 is 0 Å². The normalized spacial score (nSPS) is 14.6. The Hall–Kier alpha value is -4.22. The highest BCUT2D eigenvalue weighted by Gasteiger charge is 2.19. The zero-order chi connectivity index (χ0) is 25.3. The van der Waals surface area contributed by atoms with Gasteiger partial charge in [0.2, 0.25) is 0 Å². The van der Waals surface area contributed by atoms with Crippen molar-refractivity contribution in [1.29, 1.82) is 0 Å². The van der Waals surface area contributed by atoms with Gasteiger partial charge in [-0.1, -0.05) is 48.5 Å². The molecule has 3 heterocycles. The molecule has 7 rings (SSSR count). The number of benzene rings is 4. The average Bonchev–Trinajstić information content (AvgIpc) is 2.97. The number of fused-ring (bicyclic) bond motifs is 4. The van der Waals surface area contributed by atoms with Gasteiger partial charge in [0.05, 0.1) is 11.0 Å². The average molecular weight is 498 g/mol. The maximum Gasteiger partial charge on any atom is 0.0729 e. The molecule has 38 heavy (non-hydrogen) atoms. The van der Waals surface area contributed by atoms with Crippen LogP contribution in [0.25, 0.3) is 43.4 Å². The topological polar surface area (TPSA) is 44.3 Å². The lowest BCUT2D eigenvalue weighted by Gasteiger charge is -2.36. The van der Waals surface area contributed by atoms with Gasteiger partial charge in [-0.05, 0) is 70.9 Å². The summed E-state index contributed by atoms with van der Waals surface area (Å²) in [6.07, 6.45) is 4.97. The molecule has 0 radical (unpaired) electrons. The van der Waals surface area contributed by atoms with Crippen molar-refractivity contribution in [1.82, 2.24) is 14.9 Å². The van der Waals surface area contributed by atoms with Crippen LogP contribution in [0.15, 0.2) is 97.3 Å².